The zero-order valence-electron chi connectivity index (χ0n) is 13.7. The molecule has 0 spiro atoms. The molecule has 0 radical (unpaired) electrons. The van der Waals surface area contributed by atoms with Crippen LogP contribution in [0, 0.1) is 0 Å². The minimum atomic E-state index is -0.367. The number of hydrogen-bond acceptors (Lipinski definition) is 6. The Kier molecular flexibility index (Phi) is 4.62. The molecule has 0 bridgehead atoms. The Morgan fingerprint density at radius 1 is 1.29 bits per heavy atom. The van der Waals surface area contributed by atoms with E-state index in [0.29, 0.717) is 29.7 Å². The molecule has 0 saturated carbocycles. The summed E-state index contributed by atoms with van der Waals surface area (Å²) in [4.78, 5) is 22.1. The first kappa shape index (κ1) is 16.6. The highest BCUT2D eigenvalue weighted by atomic mass is 35.5. The van der Waals surface area contributed by atoms with Gasteiger partial charge in [-0.2, -0.15) is 0 Å². The molecule has 1 amide bonds. The average Bonchev–Trinajstić information content (AvgIpc) is 2.94. The number of carbonyl (C=O) groups excluding carboxylic acids is 1. The van der Waals surface area contributed by atoms with Gasteiger partial charge in [0.25, 0.3) is 5.88 Å². The van der Waals surface area contributed by atoms with Crippen molar-refractivity contribution in [2.24, 2.45) is 0 Å². The van der Waals surface area contributed by atoms with Gasteiger partial charge in [0.15, 0.2) is 5.15 Å². The molecule has 1 aromatic carbocycles. The molecule has 2 aromatic rings. The lowest BCUT2D eigenvalue weighted by Gasteiger charge is -2.19. The number of nitrogens with zero attached hydrogens (tertiary/aromatic N) is 3. The quantitative estimate of drug-likeness (QED) is 0.846. The van der Waals surface area contributed by atoms with Crippen molar-refractivity contribution in [3.63, 3.8) is 0 Å². The summed E-state index contributed by atoms with van der Waals surface area (Å²) in [6, 6.07) is 5.37. The minimum Gasteiger partial charge on any atom is -0.497 e. The van der Waals surface area contributed by atoms with Crippen molar-refractivity contribution < 1.29 is 19.0 Å². The number of hydrogen-bond donors (Lipinski definition) is 0. The predicted molar refractivity (Wildman–Crippen MR) is 88.7 cm³/mol. The molecule has 3 rings (SSSR count). The van der Waals surface area contributed by atoms with Crippen LogP contribution in [0.25, 0.3) is 11.0 Å². The first-order valence-electron chi connectivity index (χ1n) is 7.54. The third-order valence-corrected chi connectivity index (χ3v) is 4.27. The molecule has 1 fully saturated rings. The van der Waals surface area contributed by atoms with E-state index in [-0.39, 0.29) is 29.3 Å². The summed E-state index contributed by atoms with van der Waals surface area (Å²) in [7, 11) is 2.95. The van der Waals surface area contributed by atoms with Crippen LogP contribution in [-0.4, -0.2) is 53.9 Å². The molecule has 0 unspecified atom stereocenters. The standard InChI is InChI=1S/C16H18ClN3O4/c1-9-6-11(8-20(9)16(21)23-3)24-15-14(17)18-12-5-4-10(22-2)7-13(12)19-15/h4-5,7,9,11H,6,8H2,1-3H3/t9-,11-/m1/s1. The van der Waals surface area contributed by atoms with Gasteiger partial charge in [-0.05, 0) is 19.1 Å². The maximum atomic E-state index is 11.7. The van der Waals surface area contributed by atoms with Gasteiger partial charge in [-0.15, -0.1) is 0 Å². The van der Waals surface area contributed by atoms with E-state index in [9.17, 15) is 4.79 Å². The number of rotatable bonds is 3. The Bertz CT molecular complexity index is 770. The van der Waals surface area contributed by atoms with Gasteiger partial charge in [0.2, 0.25) is 0 Å². The van der Waals surface area contributed by atoms with E-state index in [2.05, 4.69) is 9.97 Å². The van der Waals surface area contributed by atoms with Crippen LogP contribution in [0.4, 0.5) is 4.79 Å². The fourth-order valence-electron chi connectivity index (χ4n) is 2.79. The summed E-state index contributed by atoms with van der Waals surface area (Å²) in [6.45, 7) is 2.36. The number of halogens is 1. The lowest BCUT2D eigenvalue weighted by molar-refractivity contribution is 0.116. The normalized spacial score (nSPS) is 20.2. The van der Waals surface area contributed by atoms with Crippen molar-refractivity contribution in [1.29, 1.82) is 0 Å². The lowest BCUT2D eigenvalue weighted by atomic mass is 10.2. The summed E-state index contributed by atoms with van der Waals surface area (Å²) >= 11 is 6.18. The Balaban J connectivity index is 1.82. The molecule has 2 atom stereocenters. The molecule has 0 N–H and O–H groups in total. The van der Waals surface area contributed by atoms with Crippen molar-refractivity contribution >= 4 is 28.7 Å². The molecular weight excluding hydrogens is 334 g/mol. The molecule has 24 heavy (non-hydrogen) atoms. The van der Waals surface area contributed by atoms with Crippen molar-refractivity contribution in [3.8, 4) is 11.6 Å². The largest absolute Gasteiger partial charge is 0.497 e. The zero-order valence-corrected chi connectivity index (χ0v) is 14.4. The first-order valence-corrected chi connectivity index (χ1v) is 7.92. The van der Waals surface area contributed by atoms with E-state index in [0.717, 1.165) is 0 Å². The summed E-state index contributed by atoms with van der Waals surface area (Å²) in [5.41, 5.74) is 1.29. The Labute approximate surface area is 144 Å². The predicted octanol–water partition coefficient (Wildman–Crippen LogP) is 2.90. The maximum absolute atomic E-state index is 11.7. The van der Waals surface area contributed by atoms with Gasteiger partial charge < -0.3 is 19.1 Å². The molecular formula is C16H18ClN3O4. The van der Waals surface area contributed by atoms with Crippen LogP contribution in [0.2, 0.25) is 5.15 Å². The second-order valence-corrected chi connectivity index (χ2v) is 5.98. The van der Waals surface area contributed by atoms with E-state index in [1.165, 1.54) is 7.11 Å². The third kappa shape index (κ3) is 3.17. The summed E-state index contributed by atoms with van der Waals surface area (Å²) in [5, 5.41) is 0.192. The molecule has 1 aliphatic rings. The van der Waals surface area contributed by atoms with Gasteiger partial charge in [-0.25, -0.2) is 14.8 Å². The highest BCUT2D eigenvalue weighted by Crippen LogP contribution is 2.29. The molecule has 128 valence electrons. The first-order chi connectivity index (χ1) is 11.5. The van der Waals surface area contributed by atoms with Crippen LogP contribution < -0.4 is 9.47 Å². The van der Waals surface area contributed by atoms with Crippen molar-refractivity contribution in [3.05, 3.63) is 23.4 Å². The fourth-order valence-corrected chi connectivity index (χ4v) is 2.97. The molecule has 0 aliphatic carbocycles. The number of aromatic nitrogens is 2. The second kappa shape index (κ2) is 6.68. The minimum absolute atomic E-state index is 0.0229. The Hall–Kier alpha value is -2.28. The van der Waals surface area contributed by atoms with E-state index < -0.39 is 0 Å². The molecule has 2 heterocycles. The number of fused-ring (bicyclic) bond motifs is 1. The van der Waals surface area contributed by atoms with Gasteiger partial charge in [0, 0.05) is 18.5 Å². The van der Waals surface area contributed by atoms with Crippen molar-refractivity contribution in [2.45, 2.75) is 25.5 Å². The molecule has 8 heteroatoms. The van der Waals surface area contributed by atoms with E-state index >= 15 is 0 Å². The number of methoxy groups -OCH3 is 2. The Morgan fingerprint density at radius 3 is 2.79 bits per heavy atom. The van der Waals surface area contributed by atoms with Crippen LogP contribution >= 0.6 is 11.6 Å². The summed E-state index contributed by atoms with van der Waals surface area (Å²) < 4.78 is 15.9. The van der Waals surface area contributed by atoms with Crippen LogP contribution in [0.15, 0.2) is 18.2 Å². The van der Waals surface area contributed by atoms with Crippen LogP contribution in [0.1, 0.15) is 13.3 Å². The molecule has 1 aromatic heterocycles. The molecule has 1 aliphatic heterocycles. The lowest BCUT2D eigenvalue weighted by Crippen LogP contribution is -2.34. The average molecular weight is 352 g/mol. The maximum Gasteiger partial charge on any atom is 0.409 e. The number of amides is 1. The zero-order chi connectivity index (χ0) is 17.3. The van der Waals surface area contributed by atoms with E-state index in [4.69, 9.17) is 25.8 Å². The van der Waals surface area contributed by atoms with Crippen LogP contribution in [-0.2, 0) is 4.74 Å². The highest BCUT2D eigenvalue weighted by Gasteiger charge is 2.35. The highest BCUT2D eigenvalue weighted by molar-refractivity contribution is 6.31. The van der Waals surface area contributed by atoms with Gasteiger partial charge in [0.1, 0.15) is 11.9 Å². The molecule has 1 saturated heterocycles. The van der Waals surface area contributed by atoms with Gasteiger partial charge >= 0.3 is 6.09 Å². The van der Waals surface area contributed by atoms with E-state index in [1.807, 2.05) is 6.92 Å². The number of benzene rings is 1. The monoisotopic (exact) mass is 351 g/mol. The van der Waals surface area contributed by atoms with Gasteiger partial charge in [-0.3, -0.25) is 0 Å². The fraction of sp³-hybridized carbons (Fsp3) is 0.438. The number of carbonyl (C=O) groups is 1. The van der Waals surface area contributed by atoms with Crippen molar-refractivity contribution in [2.75, 3.05) is 20.8 Å². The Morgan fingerprint density at radius 2 is 2.08 bits per heavy atom. The number of likely N-dealkylation sites (tertiary alicyclic amines) is 1. The smallest absolute Gasteiger partial charge is 0.409 e. The SMILES string of the molecule is COC(=O)N1C[C@H](Oc2nc3cc(OC)ccc3nc2Cl)C[C@H]1C. The van der Waals surface area contributed by atoms with Gasteiger partial charge in [0.05, 0.1) is 31.8 Å². The number of ether oxygens (including phenoxy) is 3. The topological polar surface area (TPSA) is 73.8 Å². The second-order valence-electron chi connectivity index (χ2n) is 5.62. The third-order valence-electron chi connectivity index (χ3n) is 4.02. The van der Waals surface area contributed by atoms with Gasteiger partial charge in [-0.1, -0.05) is 11.6 Å². The van der Waals surface area contributed by atoms with E-state index in [1.54, 1.807) is 30.2 Å². The summed E-state index contributed by atoms with van der Waals surface area (Å²) in [5.74, 6) is 0.928. The van der Waals surface area contributed by atoms with Crippen LogP contribution in [0.5, 0.6) is 11.6 Å². The summed E-state index contributed by atoms with van der Waals surface area (Å²) in [6.07, 6.45) is 0.0893. The van der Waals surface area contributed by atoms with Crippen molar-refractivity contribution in [1.82, 2.24) is 14.9 Å². The van der Waals surface area contributed by atoms with Crippen LogP contribution in [0.3, 0.4) is 0 Å². The molecule has 7 nitrogen and oxygen atoms in total.